The maximum absolute atomic E-state index is 13.0. The minimum Gasteiger partial charge on any atom is -0.355 e. The third-order valence-electron chi connectivity index (χ3n) is 10.6. The van der Waals surface area contributed by atoms with Crippen molar-refractivity contribution >= 4 is 52.7 Å². The highest BCUT2D eigenvalue weighted by Gasteiger charge is 2.25. The Hall–Kier alpha value is -5.29. The second kappa shape index (κ2) is 12.9. The summed E-state index contributed by atoms with van der Waals surface area (Å²) in [5, 5.41) is 0. The molecule has 0 fully saturated rings. The summed E-state index contributed by atoms with van der Waals surface area (Å²) in [5.74, 6) is 0. The fourth-order valence-electron chi connectivity index (χ4n) is 7.17. The molecule has 5 heteroatoms. The van der Waals surface area contributed by atoms with Gasteiger partial charge in [0.05, 0.1) is 33.9 Å². The molecule has 5 nitrogen and oxygen atoms in total. The molecule has 0 aliphatic carbocycles. The van der Waals surface area contributed by atoms with Gasteiger partial charge in [-0.3, -0.25) is 4.79 Å². The Balaban J connectivity index is 1.59. The largest absolute Gasteiger partial charge is 0.355 e. The first-order valence-electron chi connectivity index (χ1n) is 19.1. The lowest BCUT2D eigenvalue weighted by molar-refractivity contribution is 0.112. The van der Waals surface area contributed by atoms with Crippen molar-refractivity contribution in [1.29, 1.82) is 0 Å². The third-order valence-corrected chi connectivity index (χ3v) is 10.6. The molecule has 2 aromatic carbocycles. The van der Waals surface area contributed by atoms with Gasteiger partial charge in [0.15, 0.2) is 6.29 Å². The number of nitrogens with zero attached hydrogens (tertiary/aromatic N) is 2. The Bertz CT molecular complexity index is 2410. The number of rotatable bonds is 3. The molecular formula is C49H54N4O. The molecule has 8 bridgehead atoms. The lowest BCUT2D eigenvalue weighted by atomic mass is 9.78. The molecule has 0 atom stereocenters. The van der Waals surface area contributed by atoms with Crippen LogP contribution in [-0.4, -0.2) is 26.2 Å². The van der Waals surface area contributed by atoms with Gasteiger partial charge in [0, 0.05) is 27.7 Å². The third kappa shape index (κ3) is 7.16. The number of aldehydes is 1. The molecule has 2 aliphatic heterocycles. The Kier molecular flexibility index (Phi) is 8.87. The van der Waals surface area contributed by atoms with Crippen LogP contribution in [0.5, 0.6) is 0 Å². The summed E-state index contributed by atoms with van der Waals surface area (Å²) >= 11 is 0. The van der Waals surface area contributed by atoms with E-state index in [0.29, 0.717) is 16.8 Å². The zero-order valence-electron chi connectivity index (χ0n) is 34.0. The summed E-state index contributed by atoms with van der Waals surface area (Å²) in [6, 6.07) is 24.3. The first-order valence-corrected chi connectivity index (χ1v) is 19.1. The number of nitrogens with one attached hydrogen (secondary N) is 2. The molecule has 5 aromatic rings. The number of hydrogen-bond acceptors (Lipinski definition) is 3. The smallest absolute Gasteiger partial charge is 0.154 e. The van der Waals surface area contributed by atoms with Crippen LogP contribution in [-0.2, 0) is 21.7 Å². The average molecular weight is 715 g/mol. The standard InChI is InChI=1S/C49H54N4O/c1-46(2,3)31-21-29(22-32(25-31)47(4,5)6)44-40-15-13-35(50-40)27-36-14-16-41(51-36)45(30-23-33(48(7,8)9)26-34(24-30)49(10,11)12)43-20-18-39(53-43)37(28-54)38-17-19-42(44)52-38/h13-28,50,53H,1-12H3. The molecule has 276 valence electrons. The van der Waals surface area contributed by atoms with E-state index >= 15 is 0 Å². The maximum atomic E-state index is 13.0. The lowest BCUT2D eigenvalue weighted by Gasteiger charge is -2.26. The lowest BCUT2D eigenvalue weighted by Crippen LogP contribution is -2.16. The van der Waals surface area contributed by atoms with Gasteiger partial charge < -0.3 is 9.97 Å². The van der Waals surface area contributed by atoms with E-state index in [-0.39, 0.29) is 21.7 Å². The van der Waals surface area contributed by atoms with Gasteiger partial charge in [-0.2, -0.15) is 0 Å². The molecule has 2 aliphatic rings. The predicted molar refractivity (Wildman–Crippen MR) is 230 cm³/mol. The summed E-state index contributed by atoms with van der Waals surface area (Å²) in [7, 11) is 0. The SMILES string of the molecule is CC(C)(C)c1cc(-c2c3nc(c(C=O)c4ccc([nH]4)c(-c4cc(C(C)(C)C)cc(C(C)(C)C)c4)c4nc(cc5ccc2[nH]5)C=C4)C=C3)cc(C(C)(C)C)c1. The van der Waals surface area contributed by atoms with Crippen molar-refractivity contribution in [2.75, 3.05) is 0 Å². The van der Waals surface area contributed by atoms with Crippen molar-refractivity contribution in [3.63, 3.8) is 0 Å². The van der Waals surface area contributed by atoms with E-state index in [9.17, 15) is 4.79 Å². The van der Waals surface area contributed by atoms with Crippen LogP contribution in [0.25, 0.3) is 68.6 Å². The van der Waals surface area contributed by atoms with Gasteiger partial charge in [0.25, 0.3) is 0 Å². The molecule has 0 amide bonds. The summed E-state index contributed by atoms with van der Waals surface area (Å²) in [5.41, 5.74) is 16.1. The first-order chi connectivity index (χ1) is 25.2. The van der Waals surface area contributed by atoms with Gasteiger partial charge >= 0.3 is 0 Å². The second-order valence-corrected chi connectivity index (χ2v) is 19.1. The molecule has 0 radical (unpaired) electrons. The van der Waals surface area contributed by atoms with Crippen LogP contribution in [0.4, 0.5) is 0 Å². The van der Waals surface area contributed by atoms with Crippen molar-refractivity contribution in [3.05, 3.63) is 117 Å². The van der Waals surface area contributed by atoms with Gasteiger partial charge in [-0.1, -0.05) is 119 Å². The monoisotopic (exact) mass is 714 g/mol. The molecular weight excluding hydrogens is 661 g/mol. The van der Waals surface area contributed by atoms with Crippen LogP contribution >= 0.6 is 0 Å². The van der Waals surface area contributed by atoms with E-state index in [1.165, 1.54) is 22.3 Å². The van der Waals surface area contributed by atoms with Crippen molar-refractivity contribution in [3.8, 4) is 22.3 Å². The van der Waals surface area contributed by atoms with Crippen molar-refractivity contribution in [1.82, 2.24) is 19.9 Å². The summed E-state index contributed by atoms with van der Waals surface area (Å²) in [6.07, 6.45) is 9.10. The van der Waals surface area contributed by atoms with Gasteiger partial charge in [0.1, 0.15) is 0 Å². The Morgan fingerprint density at radius 2 is 0.889 bits per heavy atom. The quantitative estimate of drug-likeness (QED) is 0.179. The number of carbonyl (C=O) groups is 1. The number of aromatic amines is 2. The van der Waals surface area contributed by atoms with Crippen LogP contribution in [0.1, 0.15) is 138 Å². The normalized spacial score (nSPS) is 13.5. The predicted octanol–water partition coefficient (Wildman–Crippen LogP) is 13.0. The number of carbonyl (C=O) groups excluding carboxylic acids is 1. The summed E-state index contributed by atoms with van der Waals surface area (Å²) in [4.78, 5) is 30.8. The summed E-state index contributed by atoms with van der Waals surface area (Å²) in [6.45, 7) is 27.1. The van der Waals surface area contributed by atoms with Crippen LogP contribution in [0.15, 0.2) is 66.7 Å². The highest BCUT2D eigenvalue weighted by atomic mass is 16.1. The van der Waals surface area contributed by atoms with Crippen molar-refractivity contribution < 1.29 is 4.79 Å². The highest BCUT2D eigenvalue weighted by Crippen LogP contribution is 2.39. The van der Waals surface area contributed by atoms with Crippen LogP contribution in [0.3, 0.4) is 0 Å². The molecule has 0 spiro atoms. The zero-order chi connectivity index (χ0) is 39.0. The first kappa shape index (κ1) is 37.0. The van der Waals surface area contributed by atoms with Gasteiger partial charge in [0.2, 0.25) is 0 Å². The van der Waals surface area contributed by atoms with E-state index < -0.39 is 0 Å². The number of aromatic nitrogens is 4. The molecule has 0 saturated heterocycles. The number of benzene rings is 2. The van der Waals surface area contributed by atoms with Crippen LogP contribution < -0.4 is 0 Å². The van der Waals surface area contributed by atoms with Crippen LogP contribution in [0, 0.1) is 0 Å². The van der Waals surface area contributed by atoms with E-state index in [1.54, 1.807) is 0 Å². The van der Waals surface area contributed by atoms with Crippen molar-refractivity contribution in [2.24, 2.45) is 0 Å². The topological polar surface area (TPSA) is 74.4 Å². The highest BCUT2D eigenvalue weighted by molar-refractivity contribution is 5.98. The number of fused-ring (bicyclic) bond motifs is 8. The Morgan fingerprint density at radius 1 is 0.463 bits per heavy atom. The molecule has 5 heterocycles. The second-order valence-electron chi connectivity index (χ2n) is 19.1. The van der Waals surface area contributed by atoms with E-state index in [4.69, 9.17) is 9.97 Å². The van der Waals surface area contributed by atoms with Crippen LogP contribution in [0.2, 0.25) is 0 Å². The molecule has 3 aromatic heterocycles. The van der Waals surface area contributed by atoms with Gasteiger partial charge in [-0.15, -0.1) is 0 Å². The van der Waals surface area contributed by atoms with Gasteiger partial charge in [-0.25, -0.2) is 9.97 Å². The van der Waals surface area contributed by atoms with E-state index in [0.717, 1.165) is 62.2 Å². The number of H-pyrrole nitrogens is 2. The minimum absolute atomic E-state index is 0.0582. The minimum atomic E-state index is -0.0582. The molecule has 0 saturated carbocycles. The molecule has 2 N–H and O–H groups in total. The Labute approximate surface area is 320 Å². The zero-order valence-corrected chi connectivity index (χ0v) is 34.0. The fourth-order valence-corrected chi connectivity index (χ4v) is 7.17. The van der Waals surface area contributed by atoms with Gasteiger partial charge in [-0.05, 0) is 110 Å². The average Bonchev–Trinajstić information content (AvgIpc) is 3.90. The molecule has 7 rings (SSSR count). The number of hydrogen-bond donors (Lipinski definition) is 2. The van der Waals surface area contributed by atoms with E-state index in [1.807, 2.05) is 18.2 Å². The Morgan fingerprint density at radius 3 is 1.39 bits per heavy atom. The van der Waals surface area contributed by atoms with E-state index in [2.05, 4.69) is 166 Å². The fraction of sp³-hybridized carbons (Fsp3) is 0.327. The maximum Gasteiger partial charge on any atom is 0.154 e. The summed E-state index contributed by atoms with van der Waals surface area (Å²) < 4.78 is 0. The molecule has 0 unspecified atom stereocenters. The molecule has 54 heavy (non-hydrogen) atoms. The van der Waals surface area contributed by atoms with Crippen molar-refractivity contribution in [2.45, 2.75) is 105 Å².